The molecule has 0 saturated heterocycles. The normalized spacial score (nSPS) is 12.6. The van der Waals surface area contributed by atoms with Crippen LogP contribution in [0.3, 0.4) is 0 Å². The Hall–Kier alpha value is -0.290. The van der Waals surface area contributed by atoms with Crippen molar-refractivity contribution >= 4 is 21.2 Å². The van der Waals surface area contributed by atoms with E-state index in [1.165, 1.54) is 0 Å². The van der Waals surface area contributed by atoms with Gasteiger partial charge in [0.25, 0.3) is 0 Å². The zero-order valence-corrected chi connectivity index (χ0v) is 8.48. The standard InChI is InChI=1S/C3H7F2NO5P2/c1-10-12(8,11-2)3(7)6-13(4,5)9/h1-2H3,(H,6,7,9). The number of halogens is 2. The molecule has 13 heavy (non-hydrogen) atoms. The predicted molar refractivity (Wildman–Crippen MR) is 40.0 cm³/mol. The molecule has 1 N–H and O–H groups in total. The fraction of sp³-hybridized carbons (Fsp3) is 0.667. The molecule has 0 radical (unpaired) electrons. The van der Waals surface area contributed by atoms with Crippen LogP contribution in [0.1, 0.15) is 0 Å². The monoisotopic (exact) mass is 237 g/mol. The Labute approximate surface area is 72.8 Å². The average Bonchev–Trinajstić information content (AvgIpc) is 2.00. The van der Waals surface area contributed by atoms with E-state index in [-0.39, 0.29) is 0 Å². The summed E-state index contributed by atoms with van der Waals surface area (Å²) in [6, 6.07) is 0. The van der Waals surface area contributed by atoms with Crippen molar-refractivity contribution in [3.05, 3.63) is 0 Å². The first-order chi connectivity index (χ1) is 5.75. The molecule has 0 aromatic carbocycles. The van der Waals surface area contributed by atoms with Gasteiger partial charge in [-0.3, -0.25) is 4.79 Å². The van der Waals surface area contributed by atoms with Gasteiger partial charge in [-0.2, -0.15) is 0 Å². The van der Waals surface area contributed by atoms with Gasteiger partial charge in [0.2, 0.25) is 0 Å². The molecule has 0 heterocycles. The first-order valence-corrected chi connectivity index (χ1v) is 5.82. The summed E-state index contributed by atoms with van der Waals surface area (Å²) in [5, 5.41) is 0.732. The second kappa shape index (κ2) is 4.28. The van der Waals surface area contributed by atoms with Gasteiger partial charge in [-0.05, 0) is 0 Å². The van der Waals surface area contributed by atoms with Crippen molar-refractivity contribution in [2.75, 3.05) is 14.2 Å². The number of hydrogen-bond donors (Lipinski definition) is 1. The number of amides is 1. The van der Waals surface area contributed by atoms with Gasteiger partial charge in [0.15, 0.2) is 0 Å². The minimum absolute atomic E-state index is 0.732. The molecule has 0 spiro atoms. The molecule has 0 fully saturated rings. The van der Waals surface area contributed by atoms with Crippen molar-refractivity contribution in [1.29, 1.82) is 0 Å². The molecule has 0 aliphatic rings. The van der Waals surface area contributed by atoms with E-state index in [1.54, 1.807) is 0 Å². The Bertz CT molecular complexity index is 280. The Morgan fingerprint density at radius 1 is 1.23 bits per heavy atom. The van der Waals surface area contributed by atoms with Crippen LogP contribution in [-0.2, 0) is 18.2 Å². The molecule has 0 saturated carbocycles. The summed E-state index contributed by atoms with van der Waals surface area (Å²) in [7, 11) is -8.37. The third kappa shape index (κ3) is 3.95. The highest BCUT2D eigenvalue weighted by atomic mass is 31.2. The minimum Gasteiger partial charge on any atom is -0.305 e. The summed E-state index contributed by atoms with van der Waals surface area (Å²) in [6.07, 6.45) is 0. The van der Waals surface area contributed by atoms with Gasteiger partial charge in [-0.15, -0.1) is 8.39 Å². The van der Waals surface area contributed by atoms with Gasteiger partial charge in [0, 0.05) is 14.2 Å². The van der Waals surface area contributed by atoms with Gasteiger partial charge in [0.1, 0.15) is 0 Å². The van der Waals surface area contributed by atoms with E-state index in [0.717, 1.165) is 19.3 Å². The van der Waals surface area contributed by atoms with Crippen LogP contribution in [0.2, 0.25) is 0 Å². The highest BCUT2D eigenvalue weighted by Gasteiger charge is 2.37. The quantitative estimate of drug-likeness (QED) is 0.758. The van der Waals surface area contributed by atoms with Crippen LogP contribution in [0.5, 0.6) is 0 Å². The van der Waals surface area contributed by atoms with Crippen LogP contribution in [0.15, 0.2) is 0 Å². The maximum Gasteiger partial charge on any atom is 0.511 e. The summed E-state index contributed by atoms with van der Waals surface area (Å²) in [6.45, 7) is 0. The lowest BCUT2D eigenvalue weighted by Gasteiger charge is -2.11. The molecule has 10 heteroatoms. The lowest BCUT2D eigenvalue weighted by molar-refractivity contribution is 0.236. The molecule has 0 atom stereocenters. The highest BCUT2D eigenvalue weighted by molar-refractivity contribution is 7.73. The van der Waals surface area contributed by atoms with Crippen molar-refractivity contribution in [2.45, 2.75) is 0 Å². The minimum atomic E-state index is -5.78. The second-order valence-corrected chi connectivity index (χ2v) is 5.02. The van der Waals surface area contributed by atoms with E-state index in [9.17, 15) is 22.3 Å². The molecule has 0 rings (SSSR count). The molecule has 0 aliphatic heterocycles. The predicted octanol–water partition coefficient (Wildman–Crippen LogP) is 2.23. The lowest BCUT2D eigenvalue weighted by Crippen LogP contribution is -2.16. The van der Waals surface area contributed by atoms with Gasteiger partial charge >= 0.3 is 21.2 Å². The molecule has 0 bridgehead atoms. The Morgan fingerprint density at radius 3 is 1.85 bits per heavy atom. The van der Waals surface area contributed by atoms with Crippen LogP contribution < -0.4 is 5.09 Å². The number of rotatable bonds is 4. The molecular weight excluding hydrogens is 230 g/mol. The first kappa shape index (κ1) is 12.7. The van der Waals surface area contributed by atoms with Crippen molar-refractivity contribution < 1.29 is 31.4 Å². The van der Waals surface area contributed by atoms with Crippen molar-refractivity contribution in [1.82, 2.24) is 5.09 Å². The van der Waals surface area contributed by atoms with E-state index in [4.69, 9.17) is 0 Å². The topological polar surface area (TPSA) is 81.7 Å². The van der Waals surface area contributed by atoms with E-state index < -0.39 is 21.2 Å². The number of nitrogens with one attached hydrogen (secondary N) is 1. The molecule has 78 valence electrons. The smallest absolute Gasteiger partial charge is 0.305 e. The van der Waals surface area contributed by atoms with Crippen LogP contribution in [0, 0.1) is 0 Å². The van der Waals surface area contributed by atoms with Crippen molar-refractivity contribution in [3.8, 4) is 0 Å². The molecular formula is C3H7F2NO5P2. The lowest BCUT2D eigenvalue weighted by atomic mass is 11.4. The summed E-state index contributed by atoms with van der Waals surface area (Å²) in [5.41, 5.74) is -1.73. The number of carbonyl (C=O) groups is 1. The Kier molecular flexibility index (Phi) is 4.19. The fourth-order valence-corrected chi connectivity index (χ4v) is 1.96. The third-order valence-electron chi connectivity index (χ3n) is 0.955. The molecule has 1 amide bonds. The SMILES string of the molecule is COP(=O)(OC)C(=O)NP(=O)(F)F. The van der Waals surface area contributed by atoms with Crippen LogP contribution in [-0.4, -0.2) is 19.9 Å². The van der Waals surface area contributed by atoms with E-state index in [1.807, 2.05) is 0 Å². The largest absolute Gasteiger partial charge is 0.511 e. The van der Waals surface area contributed by atoms with Crippen LogP contribution in [0.25, 0.3) is 0 Å². The second-order valence-electron chi connectivity index (χ2n) is 1.74. The van der Waals surface area contributed by atoms with Gasteiger partial charge in [-0.1, -0.05) is 0 Å². The molecule has 6 nitrogen and oxygen atoms in total. The Balaban J connectivity index is 4.61. The van der Waals surface area contributed by atoms with Crippen molar-refractivity contribution in [3.63, 3.8) is 0 Å². The van der Waals surface area contributed by atoms with E-state index >= 15 is 0 Å². The number of carbonyl (C=O) groups excluding carboxylic acids is 1. The van der Waals surface area contributed by atoms with E-state index in [2.05, 4.69) is 9.05 Å². The summed E-state index contributed by atoms with van der Waals surface area (Å²) in [5.74, 6) is 0. The first-order valence-electron chi connectivity index (χ1n) is 2.79. The third-order valence-corrected chi connectivity index (χ3v) is 3.17. The zero-order valence-electron chi connectivity index (χ0n) is 6.69. The summed E-state index contributed by atoms with van der Waals surface area (Å²) >= 11 is 0. The molecule has 0 aliphatic carbocycles. The van der Waals surface area contributed by atoms with E-state index in [0.29, 0.717) is 0 Å². The van der Waals surface area contributed by atoms with Crippen molar-refractivity contribution in [2.24, 2.45) is 0 Å². The van der Waals surface area contributed by atoms with Gasteiger partial charge in [0.05, 0.1) is 0 Å². The maximum absolute atomic E-state index is 11.8. The summed E-state index contributed by atoms with van der Waals surface area (Å²) < 4.78 is 52.5. The molecule has 0 aromatic rings. The Morgan fingerprint density at radius 2 is 1.62 bits per heavy atom. The fourth-order valence-electron chi connectivity index (χ4n) is 0.413. The zero-order chi connectivity index (χ0) is 10.7. The van der Waals surface area contributed by atoms with Crippen LogP contribution in [0.4, 0.5) is 13.2 Å². The van der Waals surface area contributed by atoms with Gasteiger partial charge < -0.3 is 9.05 Å². The highest BCUT2D eigenvalue weighted by Crippen LogP contribution is 2.52. The van der Waals surface area contributed by atoms with Gasteiger partial charge in [-0.25, -0.2) is 14.2 Å². The summed E-state index contributed by atoms with van der Waals surface area (Å²) in [4.78, 5) is 10.7. The average molecular weight is 237 g/mol. The van der Waals surface area contributed by atoms with Crippen LogP contribution >= 0.6 is 15.5 Å². The maximum atomic E-state index is 11.8. The molecule has 0 aromatic heterocycles. The molecule has 0 unspecified atom stereocenters. The number of hydrogen-bond acceptors (Lipinski definition) is 5.